The molecule has 10 aromatic carbocycles. The molecule has 0 saturated carbocycles. The van der Waals surface area contributed by atoms with Crippen molar-refractivity contribution in [2.24, 2.45) is 5.92 Å². The molecule has 0 saturated heterocycles. The Balaban J connectivity index is 1.13. The van der Waals surface area contributed by atoms with Crippen molar-refractivity contribution in [2.75, 3.05) is 4.90 Å². The Morgan fingerprint density at radius 1 is 0.403 bits per heavy atom. The fourth-order valence-electron chi connectivity index (χ4n) is 14.3. The fraction of sp³-hybridized carbons (Fsp3) is 0.0526. The highest BCUT2D eigenvalue weighted by atomic mass is 15.1. The van der Waals surface area contributed by atoms with Crippen LogP contribution in [0.25, 0.3) is 71.3 Å². The van der Waals surface area contributed by atoms with Gasteiger partial charge in [-0.2, -0.15) is 0 Å². The van der Waals surface area contributed by atoms with E-state index in [-0.39, 0.29) is 5.92 Å². The molecule has 1 unspecified atom stereocenters. The third-order valence-corrected chi connectivity index (χ3v) is 17.4. The summed E-state index contributed by atoms with van der Waals surface area (Å²) in [6, 6.07) is 76.8. The number of hydrogen-bond donors (Lipinski definition) is 0. The van der Waals surface area contributed by atoms with Crippen LogP contribution in [0.3, 0.4) is 0 Å². The predicted octanol–water partition coefficient (Wildman–Crippen LogP) is 19.8. The first kappa shape index (κ1) is 43.8. The van der Waals surface area contributed by atoms with Crippen LogP contribution in [0.15, 0.2) is 294 Å². The summed E-state index contributed by atoms with van der Waals surface area (Å²) in [6.07, 6.45) is 20.2. The topological polar surface area (TPSA) is 3.24 Å². The normalized spacial score (nSPS) is 17.0. The van der Waals surface area contributed by atoms with Crippen molar-refractivity contribution < 1.29 is 0 Å². The maximum absolute atomic E-state index is 2.53. The average Bonchev–Trinajstić information content (AvgIpc) is 4.07. The molecule has 6 aliphatic carbocycles. The summed E-state index contributed by atoms with van der Waals surface area (Å²) in [4.78, 5) is 2.53. The largest absolute Gasteiger partial charge is 0.310 e. The lowest BCUT2D eigenvalue weighted by molar-refractivity contribution is 0.826. The number of benzene rings is 10. The van der Waals surface area contributed by atoms with E-state index in [2.05, 4.69) is 274 Å². The molecule has 16 rings (SSSR count). The summed E-state index contributed by atoms with van der Waals surface area (Å²) >= 11 is 0. The summed E-state index contributed by atoms with van der Waals surface area (Å²) in [7, 11) is 0. The quantitative estimate of drug-likeness (QED) is 0.137. The van der Waals surface area contributed by atoms with Crippen molar-refractivity contribution in [1.82, 2.24) is 0 Å². The van der Waals surface area contributed by atoms with Gasteiger partial charge in [0.25, 0.3) is 0 Å². The number of nitrogens with zero attached hydrogens (tertiary/aromatic N) is 1. The van der Waals surface area contributed by atoms with Crippen molar-refractivity contribution >= 4 is 77.2 Å². The predicted molar refractivity (Wildman–Crippen MR) is 325 cm³/mol. The summed E-state index contributed by atoms with van der Waals surface area (Å²) in [5, 5.41) is 7.73. The lowest BCUT2D eigenvalue weighted by Gasteiger charge is -2.37. The molecule has 0 aliphatic heterocycles. The van der Waals surface area contributed by atoms with Gasteiger partial charge in [-0.3, -0.25) is 0 Å². The molecule has 0 amide bonds. The van der Waals surface area contributed by atoms with Gasteiger partial charge in [0, 0.05) is 22.9 Å². The molecular formula is C76H51N. The van der Waals surface area contributed by atoms with Gasteiger partial charge in [-0.15, -0.1) is 0 Å². The Morgan fingerprint density at radius 2 is 0.974 bits per heavy atom. The second kappa shape index (κ2) is 17.0. The van der Waals surface area contributed by atoms with E-state index in [4.69, 9.17) is 0 Å². The Morgan fingerprint density at radius 3 is 1.64 bits per heavy atom. The lowest BCUT2D eigenvalue weighted by Crippen LogP contribution is -2.22. The lowest BCUT2D eigenvalue weighted by atomic mass is 9.66. The molecule has 0 heterocycles. The van der Waals surface area contributed by atoms with Crippen LogP contribution >= 0.6 is 0 Å². The number of anilines is 3. The molecule has 1 atom stereocenters. The van der Waals surface area contributed by atoms with Crippen LogP contribution < -0.4 is 4.90 Å². The molecule has 1 nitrogen and oxygen atoms in total. The summed E-state index contributed by atoms with van der Waals surface area (Å²) in [5.74, 6) is 0.135. The Kier molecular flexibility index (Phi) is 9.66. The summed E-state index contributed by atoms with van der Waals surface area (Å²) < 4.78 is 0. The van der Waals surface area contributed by atoms with Crippen LogP contribution in [0, 0.1) is 19.8 Å². The number of rotatable bonds is 8. The number of fused-ring (bicyclic) bond motifs is 3. The van der Waals surface area contributed by atoms with Crippen LogP contribution in [-0.2, 0) is 0 Å². The monoisotopic (exact) mass is 977 g/mol. The standard InChI is InChI=1S/C76H51N/c1-46-63(48-20-8-3-9-21-48)76(77(57-30-14-6-15-31-57)58-32-16-7-17-33-58)47(2)65-64(46)74-73(62-45-41-56-37-35-52-27-19-29-54-39-43-60(62)69(56)67(52)54)70(49-22-10-4-11-23-49)71(50-24-12-5-13-25-50)75(74)72(65)61-44-40-55-36-34-51-26-18-28-53-38-42-59(61)68(55)66(51)53/h3-25,27-45,68H,26H2,1-2H3. The first-order valence-electron chi connectivity index (χ1n) is 27.2. The third-order valence-electron chi connectivity index (χ3n) is 17.4. The summed E-state index contributed by atoms with van der Waals surface area (Å²) in [6.45, 7) is 4.85. The van der Waals surface area contributed by atoms with Crippen LogP contribution in [-0.4, -0.2) is 0 Å². The van der Waals surface area contributed by atoms with E-state index in [0.29, 0.717) is 0 Å². The van der Waals surface area contributed by atoms with Gasteiger partial charge in [0.1, 0.15) is 0 Å². The van der Waals surface area contributed by atoms with Gasteiger partial charge in [-0.1, -0.05) is 231 Å². The van der Waals surface area contributed by atoms with E-state index < -0.39 is 0 Å². The summed E-state index contributed by atoms with van der Waals surface area (Å²) in [5.41, 5.74) is 30.6. The van der Waals surface area contributed by atoms with E-state index in [1.807, 2.05) is 0 Å². The first-order chi connectivity index (χ1) is 38.1. The molecule has 1 heteroatoms. The second-order valence-electron chi connectivity index (χ2n) is 21.4. The Hall–Kier alpha value is -9.56. The smallest absolute Gasteiger partial charge is 0.0578 e. The van der Waals surface area contributed by atoms with Crippen LogP contribution in [0.4, 0.5) is 17.1 Å². The average molecular weight is 978 g/mol. The number of hydrogen-bond acceptors (Lipinski definition) is 1. The van der Waals surface area contributed by atoms with Gasteiger partial charge in [0.2, 0.25) is 0 Å². The zero-order valence-electron chi connectivity index (χ0n) is 43.0. The van der Waals surface area contributed by atoms with Gasteiger partial charge in [0.15, 0.2) is 0 Å². The van der Waals surface area contributed by atoms with Crippen LogP contribution in [0.2, 0.25) is 0 Å². The van der Waals surface area contributed by atoms with Gasteiger partial charge in [-0.05, 0) is 188 Å². The minimum atomic E-state index is 0.135. The first-order valence-corrected chi connectivity index (χ1v) is 27.2. The molecule has 6 aliphatic rings. The molecule has 0 aromatic heterocycles. The van der Waals surface area contributed by atoms with Gasteiger partial charge < -0.3 is 4.90 Å². The van der Waals surface area contributed by atoms with E-state index >= 15 is 0 Å². The van der Waals surface area contributed by atoms with Crippen molar-refractivity contribution in [2.45, 2.75) is 20.3 Å². The minimum absolute atomic E-state index is 0.135. The van der Waals surface area contributed by atoms with Crippen molar-refractivity contribution in [3.8, 4) is 11.1 Å². The van der Waals surface area contributed by atoms with Crippen LogP contribution in [0.1, 0.15) is 45.4 Å². The Bertz CT molecular complexity index is 4470. The third kappa shape index (κ3) is 6.35. The maximum Gasteiger partial charge on any atom is 0.0578 e. The second-order valence-corrected chi connectivity index (χ2v) is 21.4. The van der Waals surface area contributed by atoms with E-state index in [1.165, 1.54) is 155 Å². The molecule has 360 valence electrons. The van der Waals surface area contributed by atoms with Gasteiger partial charge in [0.05, 0.1) is 5.69 Å². The molecule has 0 fully saturated rings. The minimum Gasteiger partial charge on any atom is -0.310 e. The zero-order valence-corrected chi connectivity index (χ0v) is 43.0. The number of allylic oxidation sites excluding steroid dienone is 20. The van der Waals surface area contributed by atoms with E-state index in [9.17, 15) is 0 Å². The fourth-order valence-corrected chi connectivity index (χ4v) is 14.3. The SMILES string of the molecule is Cc1c2c(c(C)c(N(c3ccccc3)c3ccccc3)c1-c1ccccc1)C(C1=C3C=CC4=C5C(=CC=C(C=C1)C35)CC=C4)=C1C(c3ccccc3)=C(c3ccccc3)C(c3ccc4ccc5cccc6ccc3c4c56)=C12. The highest BCUT2D eigenvalue weighted by Gasteiger charge is 2.46. The van der Waals surface area contributed by atoms with Crippen molar-refractivity contribution in [3.05, 3.63) is 333 Å². The van der Waals surface area contributed by atoms with Crippen molar-refractivity contribution in [3.63, 3.8) is 0 Å². The molecule has 0 spiro atoms. The molecule has 0 bridgehead atoms. The number of para-hydroxylation sites is 2. The van der Waals surface area contributed by atoms with Gasteiger partial charge in [-0.25, -0.2) is 0 Å². The molecule has 77 heavy (non-hydrogen) atoms. The Labute approximate surface area is 449 Å². The molecular weight excluding hydrogens is 927 g/mol. The van der Waals surface area contributed by atoms with Crippen molar-refractivity contribution in [1.29, 1.82) is 0 Å². The molecule has 0 radical (unpaired) electrons. The van der Waals surface area contributed by atoms with E-state index in [1.54, 1.807) is 0 Å². The zero-order chi connectivity index (χ0) is 50.9. The molecule has 0 N–H and O–H groups in total. The maximum atomic E-state index is 2.53. The highest BCUT2D eigenvalue weighted by Crippen LogP contribution is 2.66. The van der Waals surface area contributed by atoms with Gasteiger partial charge >= 0.3 is 0 Å². The van der Waals surface area contributed by atoms with E-state index in [0.717, 1.165) is 17.8 Å². The highest BCUT2D eigenvalue weighted by molar-refractivity contribution is 6.42. The molecule has 10 aromatic rings. The van der Waals surface area contributed by atoms with Crippen LogP contribution in [0.5, 0.6) is 0 Å².